The maximum absolute atomic E-state index is 12.0. The molecule has 0 radical (unpaired) electrons. The molecular weight excluding hydrogens is 270 g/mol. The molecular formula is C16H17NO4. The maximum atomic E-state index is 12.0. The highest BCUT2D eigenvalue weighted by molar-refractivity contribution is 5.44. The summed E-state index contributed by atoms with van der Waals surface area (Å²) >= 11 is 0. The fourth-order valence-corrected chi connectivity index (χ4v) is 2.36. The molecule has 1 aliphatic heterocycles. The molecule has 0 aliphatic carbocycles. The van der Waals surface area contributed by atoms with Gasteiger partial charge in [-0.3, -0.25) is 4.79 Å². The first-order valence-electron chi connectivity index (χ1n) is 6.89. The SMILES string of the molecule is Cc1cccn(CC(O)c2ccc3c(c2)OCCO3)c1=O. The Morgan fingerprint density at radius 3 is 2.81 bits per heavy atom. The van der Waals surface area contributed by atoms with Gasteiger partial charge in [0.15, 0.2) is 11.5 Å². The first kappa shape index (κ1) is 13.7. The van der Waals surface area contributed by atoms with Crippen molar-refractivity contribution in [2.24, 2.45) is 0 Å². The molecule has 0 amide bonds. The van der Waals surface area contributed by atoms with Crippen molar-refractivity contribution in [1.29, 1.82) is 0 Å². The topological polar surface area (TPSA) is 60.7 Å². The van der Waals surface area contributed by atoms with Gasteiger partial charge in [-0.25, -0.2) is 0 Å². The van der Waals surface area contributed by atoms with E-state index in [0.717, 1.165) is 0 Å². The molecule has 1 aromatic heterocycles. The molecule has 0 saturated heterocycles. The second kappa shape index (κ2) is 5.61. The van der Waals surface area contributed by atoms with Gasteiger partial charge in [0.2, 0.25) is 0 Å². The van der Waals surface area contributed by atoms with Crippen molar-refractivity contribution in [2.75, 3.05) is 13.2 Å². The van der Waals surface area contributed by atoms with Gasteiger partial charge in [0.05, 0.1) is 12.6 Å². The van der Waals surface area contributed by atoms with E-state index in [-0.39, 0.29) is 12.1 Å². The molecule has 110 valence electrons. The second-order valence-electron chi connectivity index (χ2n) is 5.07. The van der Waals surface area contributed by atoms with Gasteiger partial charge in [-0.05, 0) is 30.7 Å². The van der Waals surface area contributed by atoms with E-state index in [1.165, 1.54) is 4.57 Å². The number of aliphatic hydroxyl groups is 1. The molecule has 1 atom stereocenters. The number of hydrogen-bond donors (Lipinski definition) is 1. The summed E-state index contributed by atoms with van der Waals surface area (Å²) in [7, 11) is 0. The Balaban J connectivity index is 1.83. The summed E-state index contributed by atoms with van der Waals surface area (Å²) < 4.78 is 12.5. The van der Waals surface area contributed by atoms with Gasteiger partial charge in [0.25, 0.3) is 5.56 Å². The van der Waals surface area contributed by atoms with Gasteiger partial charge in [0, 0.05) is 11.8 Å². The number of aliphatic hydroxyl groups excluding tert-OH is 1. The van der Waals surface area contributed by atoms with Crippen molar-refractivity contribution < 1.29 is 14.6 Å². The number of benzene rings is 1. The quantitative estimate of drug-likeness (QED) is 0.932. The first-order chi connectivity index (χ1) is 10.1. The van der Waals surface area contributed by atoms with E-state index in [9.17, 15) is 9.90 Å². The normalized spacial score (nSPS) is 14.8. The zero-order chi connectivity index (χ0) is 14.8. The Hall–Kier alpha value is -2.27. The fraction of sp³-hybridized carbons (Fsp3) is 0.312. The van der Waals surface area contributed by atoms with E-state index in [0.29, 0.717) is 35.8 Å². The molecule has 2 heterocycles. The smallest absolute Gasteiger partial charge is 0.253 e. The molecule has 5 heteroatoms. The zero-order valence-corrected chi connectivity index (χ0v) is 11.8. The lowest BCUT2D eigenvalue weighted by Crippen LogP contribution is -2.24. The predicted molar refractivity (Wildman–Crippen MR) is 77.8 cm³/mol. The minimum absolute atomic E-state index is 0.0888. The Morgan fingerprint density at radius 2 is 2.00 bits per heavy atom. The molecule has 1 aliphatic rings. The average molecular weight is 287 g/mol. The van der Waals surface area contributed by atoms with E-state index in [1.807, 2.05) is 0 Å². The van der Waals surface area contributed by atoms with Crippen LogP contribution in [0.4, 0.5) is 0 Å². The van der Waals surface area contributed by atoms with Crippen molar-refractivity contribution in [3.8, 4) is 11.5 Å². The molecule has 0 saturated carbocycles. The monoisotopic (exact) mass is 287 g/mol. The van der Waals surface area contributed by atoms with Gasteiger partial charge in [-0.15, -0.1) is 0 Å². The number of aromatic nitrogens is 1. The van der Waals surface area contributed by atoms with Crippen LogP contribution in [0.2, 0.25) is 0 Å². The molecule has 1 unspecified atom stereocenters. The van der Waals surface area contributed by atoms with Gasteiger partial charge in [0.1, 0.15) is 13.2 Å². The van der Waals surface area contributed by atoms with Crippen LogP contribution < -0.4 is 15.0 Å². The van der Waals surface area contributed by atoms with E-state index < -0.39 is 6.10 Å². The molecule has 0 spiro atoms. The van der Waals surface area contributed by atoms with E-state index in [4.69, 9.17) is 9.47 Å². The Labute approximate surface area is 122 Å². The minimum atomic E-state index is -0.777. The second-order valence-corrected chi connectivity index (χ2v) is 5.07. The summed E-state index contributed by atoms with van der Waals surface area (Å²) in [5, 5.41) is 10.3. The summed E-state index contributed by atoms with van der Waals surface area (Å²) in [6, 6.07) is 8.90. The molecule has 3 rings (SSSR count). The predicted octanol–water partition coefficient (Wildman–Crippen LogP) is 1.66. The van der Waals surface area contributed by atoms with Crippen LogP contribution in [0, 0.1) is 6.92 Å². The van der Waals surface area contributed by atoms with Crippen molar-refractivity contribution in [3.63, 3.8) is 0 Å². The molecule has 0 bridgehead atoms. The van der Waals surface area contributed by atoms with Gasteiger partial charge in [-0.2, -0.15) is 0 Å². The number of aryl methyl sites for hydroxylation is 1. The number of hydrogen-bond acceptors (Lipinski definition) is 4. The van der Waals surface area contributed by atoms with Crippen LogP contribution in [0.3, 0.4) is 0 Å². The highest BCUT2D eigenvalue weighted by Crippen LogP contribution is 2.32. The minimum Gasteiger partial charge on any atom is -0.486 e. The van der Waals surface area contributed by atoms with Crippen LogP contribution in [-0.2, 0) is 6.54 Å². The summed E-state index contributed by atoms with van der Waals surface area (Å²) in [4.78, 5) is 12.0. The number of rotatable bonds is 3. The number of fused-ring (bicyclic) bond motifs is 1. The molecule has 1 N–H and O–H groups in total. The Morgan fingerprint density at radius 1 is 1.24 bits per heavy atom. The first-order valence-corrected chi connectivity index (χ1v) is 6.89. The summed E-state index contributed by atoms with van der Waals surface area (Å²) in [5.41, 5.74) is 1.27. The van der Waals surface area contributed by atoms with Crippen molar-refractivity contribution in [1.82, 2.24) is 4.57 Å². The molecule has 1 aromatic carbocycles. The van der Waals surface area contributed by atoms with E-state index in [1.54, 1.807) is 43.5 Å². The fourth-order valence-electron chi connectivity index (χ4n) is 2.36. The lowest BCUT2D eigenvalue weighted by Gasteiger charge is -2.20. The largest absolute Gasteiger partial charge is 0.486 e. The van der Waals surface area contributed by atoms with Crippen LogP contribution in [0.1, 0.15) is 17.2 Å². The van der Waals surface area contributed by atoms with Crippen LogP contribution >= 0.6 is 0 Å². The van der Waals surface area contributed by atoms with Crippen LogP contribution in [0.15, 0.2) is 41.3 Å². The van der Waals surface area contributed by atoms with Crippen LogP contribution in [0.5, 0.6) is 11.5 Å². The van der Waals surface area contributed by atoms with Crippen molar-refractivity contribution >= 4 is 0 Å². The third-order valence-corrected chi connectivity index (χ3v) is 3.53. The van der Waals surface area contributed by atoms with Gasteiger partial charge < -0.3 is 19.1 Å². The Kier molecular flexibility index (Phi) is 3.66. The molecule has 21 heavy (non-hydrogen) atoms. The lowest BCUT2D eigenvalue weighted by atomic mass is 10.1. The van der Waals surface area contributed by atoms with E-state index >= 15 is 0 Å². The van der Waals surface area contributed by atoms with Crippen LogP contribution in [0.25, 0.3) is 0 Å². The van der Waals surface area contributed by atoms with Crippen molar-refractivity contribution in [2.45, 2.75) is 19.6 Å². The third kappa shape index (κ3) is 2.78. The summed E-state index contributed by atoms with van der Waals surface area (Å²) in [6.07, 6.45) is 0.900. The molecule has 2 aromatic rings. The van der Waals surface area contributed by atoms with Gasteiger partial charge >= 0.3 is 0 Å². The highest BCUT2D eigenvalue weighted by atomic mass is 16.6. The van der Waals surface area contributed by atoms with Crippen molar-refractivity contribution in [3.05, 3.63) is 58.0 Å². The number of nitrogens with zero attached hydrogens (tertiary/aromatic N) is 1. The van der Waals surface area contributed by atoms with E-state index in [2.05, 4.69) is 0 Å². The number of ether oxygens (including phenoxy) is 2. The summed E-state index contributed by atoms with van der Waals surface area (Å²) in [6.45, 7) is 3.01. The average Bonchev–Trinajstić information content (AvgIpc) is 2.51. The number of pyridine rings is 1. The summed E-state index contributed by atoms with van der Waals surface area (Å²) in [5.74, 6) is 1.32. The maximum Gasteiger partial charge on any atom is 0.253 e. The molecule has 0 fully saturated rings. The Bertz CT molecular complexity index is 708. The van der Waals surface area contributed by atoms with Gasteiger partial charge in [-0.1, -0.05) is 12.1 Å². The highest BCUT2D eigenvalue weighted by Gasteiger charge is 2.16. The molecule has 5 nitrogen and oxygen atoms in total. The lowest BCUT2D eigenvalue weighted by molar-refractivity contribution is 0.150. The van der Waals surface area contributed by atoms with Crippen LogP contribution in [-0.4, -0.2) is 22.9 Å². The standard InChI is InChI=1S/C16H17NO4/c1-11-3-2-6-17(16(11)19)10-13(18)12-4-5-14-15(9-12)21-8-7-20-14/h2-6,9,13,18H,7-8,10H2,1H3. The zero-order valence-electron chi connectivity index (χ0n) is 11.8. The third-order valence-electron chi connectivity index (χ3n) is 3.53.